The minimum absolute atomic E-state index is 0.200. The number of hydrogen-bond acceptors (Lipinski definition) is 7. The summed E-state index contributed by atoms with van der Waals surface area (Å²) in [5.74, 6) is 0.413. The second-order valence-corrected chi connectivity index (χ2v) is 7.56. The molecular weight excluding hydrogens is 452 g/mol. The number of hydrogen-bond donors (Lipinski definition) is 1. The molecule has 0 saturated heterocycles. The highest BCUT2D eigenvalue weighted by Crippen LogP contribution is 2.28. The maximum Gasteiger partial charge on any atom is 0.268 e. The normalized spacial score (nSPS) is 15.7. The van der Waals surface area contributed by atoms with Crippen molar-refractivity contribution in [1.29, 1.82) is 0 Å². The maximum absolute atomic E-state index is 13.1. The van der Waals surface area contributed by atoms with E-state index in [4.69, 9.17) is 9.72 Å². The zero-order valence-corrected chi connectivity index (χ0v) is 17.8. The molecule has 0 radical (unpaired) electrons. The van der Waals surface area contributed by atoms with Crippen LogP contribution in [-0.4, -0.2) is 37.5 Å². The van der Waals surface area contributed by atoms with Gasteiger partial charge in [-0.2, -0.15) is 0 Å². The summed E-state index contributed by atoms with van der Waals surface area (Å²) in [5.41, 5.74) is 1.08. The van der Waals surface area contributed by atoms with Crippen molar-refractivity contribution in [3.05, 3.63) is 63.1 Å². The number of aromatic nitrogens is 5. The first-order valence-corrected chi connectivity index (χ1v) is 10.3. The summed E-state index contributed by atoms with van der Waals surface area (Å²) in [5, 5.41) is 3.00. The molecule has 1 aliphatic rings. The molecule has 1 N–H and O–H groups in total. The van der Waals surface area contributed by atoms with Gasteiger partial charge in [-0.3, -0.25) is 14.2 Å². The van der Waals surface area contributed by atoms with Gasteiger partial charge in [-0.25, -0.2) is 19.9 Å². The van der Waals surface area contributed by atoms with Crippen LogP contribution in [0.3, 0.4) is 0 Å². The molecule has 0 bridgehead atoms. The van der Waals surface area contributed by atoms with Crippen molar-refractivity contribution in [2.24, 2.45) is 0 Å². The fourth-order valence-corrected chi connectivity index (χ4v) is 3.98. The number of amides is 1. The number of halogens is 1. The Bertz CT molecular complexity index is 1140. The van der Waals surface area contributed by atoms with E-state index in [9.17, 15) is 9.59 Å². The van der Waals surface area contributed by atoms with E-state index in [1.165, 1.54) is 13.4 Å². The number of ether oxygens (including phenoxy) is 1. The standard InChI is InChI=1S/C20H19BrN6O3/c1-30-19-12(5-4-8-23-19)18(28)25-14-6-2-3-10-27-17(14)26-16(15(21)20(27)29)13-7-9-22-11-24-13/h4-5,7-9,11,14H,2-3,6,10H2,1H3,(H,25,28). The van der Waals surface area contributed by atoms with Crippen molar-refractivity contribution < 1.29 is 9.53 Å². The van der Waals surface area contributed by atoms with E-state index in [0.717, 1.165) is 12.8 Å². The SMILES string of the molecule is COc1ncccc1C(=O)NC1CCCCn2c1nc(-c1ccncn1)c(Br)c2=O. The predicted octanol–water partition coefficient (Wildman–Crippen LogP) is 2.52. The number of fused-ring (bicyclic) bond motifs is 1. The molecule has 1 aliphatic heterocycles. The highest BCUT2D eigenvalue weighted by Gasteiger charge is 2.27. The lowest BCUT2D eigenvalue weighted by Crippen LogP contribution is -2.34. The van der Waals surface area contributed by atoms with Gasteiger partial charge in [-0.1, -0.05) is 0 Å². The molecule has 1 atom stereocenters. The Kier molecular flexibility index (Phi) is 5.84. The molecule has 4 heterocycles. The summed E-state index contributed by atoms with van der Waals surface area (Å²) in [4.78, 5) is 42.9. The van der Waals surface area contributed by atoms with Crippen LogP contribution >= 0.6 is 15.9 Å². The lowest BCUT2D eigenvalue weighted by molar-refractivity contribution is 0.0928. The van der Waals surface area contributed by atoms with Gasteiger partial charge in [0.25, 0.3) is 11.5 Å². The molecule has 154 valence electrons. The first-order chi connectivity index (χ1) is 14.6. The molecule has 10 heteroatoms. The van der Waals surface area contributed by atoms with Crippen molar-refractivity contribution >= 4 is 21.8 Å². The molecule has 1 unspecified atom stereocenters. The monoisotopic (exact) mass is 470 g/mol. The largest absolute Gasteiger partial charge is 0.480 e. The zero-order chi connectivity index (χ0) is 21.1. The van der Waals surface area contributed by atoms with Crippen molar-refractivity contribution in [3.63, 3.8) is 0 Å². The third kappa shape index (κ3) is 3.82. The summed E-state index contributed by atoms with van der Waals surface area (Å²) in [6.45, 7) is 0.534. The first kappa shape index (κ1) is 20.1. The van der Waals surface area contributed by atoms with Crippen LogP contribution in [0.1, 0.15) is 41.5 Å². The fourth-order valence-electron chi connectivity index (χ4n) is 3.48. The molecule has 1 amide bonds. The van der Waals surface area contributed by atoms with Gasteiger partial charge in [0.2, 0.25) is 5.88 Å². The van der Waals surface area contributed by atoms with Gasteiger partial charge < -0.3 is 10.1 Å². The Hall–Kier alpha value is -3.14. The smallest absolute Gasteiger partial charge is 0.268 e. The van der Waals surface area contributed by atoms with E-state index < -0.39 is 6.04 Å². The number of nitrogens with zero attached hydrogens (tertiary/aromatic N) is 5. The van der Waals surface area contributed by atoms with Crippen LogP contribution in [0.15, 0.2) is 46.2 Å². The van der Waals surface area contributed by atoms with Crippen LogP contribution in [0.25, 0.3) is 11.4 Å². The lowest BCUT2D eigenvalue weighted by Gasteiger charge is -2.20. The first-order valence-electron chi connectivity index (χ1n) is 9.46. The molecule has 30 heavy (non-hydrogen) atoms. The van der Waals surface area contributed by atoms with Crippen LogP contribution in [0, 0.1) is 0 Å². The predicted molar refractivity (Wildman–Crippen MR) is 112 cm³/mol. The molecule has 0 saturated carbocycles. The quantitative estimate of drug-likeness (QED) is 0.623. The number of rotatable bonds is 4. The number of nitrogens with one attached hydrogen (secondary N) is 1. The number of carbonyl (C=O) groups excluding carboxylic acids is 1. The van der Waals surface area contributed by atoms with E-state index in [2.05, 4.69) is 36.2 Å². The summed E-state index contributed by atoms with van der Waals surface area (Å²) in [6, 6.07) is 4.57. The van der Waals surface area contributed by atoms with E-state index >= 15 is 0 Å². The molecule has 3 aromatic rings. The minimum Gasteiger partial charge on any atom is -0.480 e. The van der Waals surface area contributed by atoms with E-state index in [0.29, 0.717) is 40.2 Å². The molecule has 0 spiro atoms. The van der Waals surface area contributed by atoms with Crippen LogP contribution < -0.4 is 15.6 Å². The Balaban J connectivity index is 1.76. The zero-order valence-electron chi connectivity index (χ0n) is 16.2. The Morgan fingerprint density at radius 1 is 1.27 bits per heavy atom. The number of methoxy groups -OCH3 is 1. The van der Waals surface area contributed by atoms with Gasteiger partial charge in [0.05, 0.1) is 18.8 Å². The van der Waals surface area contributed by atoms with E-state index in [-0.39, 0.29) is 17.3 Å². The highest BCUT2D eigenvalue weighted by molar-refractivity contribution is 9.10. The van der Waals surface area contributed by atoms with Gasteiger partial charge >= 0.3 is 0 Å². The Labute approximate surface area is 180 Å². The fraction of sp³-hybridized carbons (Fsp3) is 0.300. The Morgan fingerprint density at radius 3 is 2.90 bits per heavy atom. The van der Waals surface area contributed by atoms with Gasteiger partial charge in [0.1, 0.15) is 27.9 Å². The van der Waals surface area contributed by atoms with Gasteiger partial charge in [-0.15, -0.1) is 0 Å². The maximum atomic E-state index is 13.1. The third-order valence-electron chi connectivity index (χ3n) is 4.92. The van der Waals surface area contributed by atoms with Gasteiger partial charge in [-0.05, 0) is 53.4 Å². The summed E-state index contributed by atoms with van der Waals surface area (Å²) in [6.07, 6.45) is 6.87. The number of pyridine rings is 1. The van der Waals surface area contributed by atoms with Crippen LogP contribution in [-0.2, 0) is 6.54 Å². The summed E-state index contributed by atoms with van der Waals surface area (Å²) < 4.78 is 7.16. The van der Waals surface area contributed by atoms with Gasteiger partial charge in [0, 0.05) is 18.9 Å². The highest BCUT2D eigenvalue weighted by atomic mass is 79.9. The van der Waals surface area contributed by atoms with Crippen LogP contribution in [0.5, 0.6) is 5.88 Å². The van der Waals surface area contributed by atoms with Crippen molar-refractivity contribution in [3.8, 4) is 17.3 Å². The lowest BCUT2D eigenvalue weighted by atomic mass is 10.1. The molecule has 9 nitrogen and oxygen atoms in total. The average Bonchev–Trinajstić information content (AvgIpc) is 2.99. The minimum atomic E-state index is -0.439. The summed E-state index contributed by atoms with van der Waals surface area (Å²) >= 11 is 3.38. The molecule has 0 fully saturated rings. The average molecular weight is 471 g/mol. The van der Waals surface area contributed by atoms with Crippen LogP contribution in [0.2, 0.25) is 0 Å². The molecule has 0 aliphatic carbocycles. The molecular formula is C20H19BrN6O3. The topological polar surface area (TPSA) is 112 Å². The Morgan fingerprint density at radius 2 is 2.13 bits per heavy atom. The molecule has 4 rings (SSSR count). The molecule has 3 aromatic heterocycles. The van der Waals surface area contributed by atoms with Crippen molar-refractivity contribution in [2.75, 3.05) is 7.11 Å². The second-order valence-electron chi connectivity index (χ2n) is 6.77. The second kappa shape index (κ2) is 8.70. The van der Waals surface area contributed by atoms with E-state index in [1.54, 1.807) is 35.2 Å². The van der Waals surface area contributed by atoms with Crippen molar-refractivity contribution in [2.45, 2.75) is 31.8 Å². The third-order valence-corrected chi connectivity index (χ3v) is 5.63. The van der Waals surface area contributed by atoms with Crippen LogP contribution in [0.4, 0.5) is 0 Å². The van der Waals surface area contributed by atoms with Crippen molar-refractivity contribution in [1.82, 2.24) is 29.8 Å². The molecule has 0 aromatic carbocycles. The van der Waals surface area contributed by atoms with E-state index in [1.807, 2.05) is 0 Å². The number of carbonyl (C=O) groups is 1. The summed E-state index contributed by atoms with van der Waals surface area (Å²) in [7, 11) is 1.46. The van der Waals surface area contributed by atoms with Gasteiger partial charge in [0.15, 0.2) is 0 Å².